The second kappa shape index (κ2) is 7.21. The van der Waals surface area contributed by atoms with E-state index in [1.165, 1.54) is 36.5 Å². The molecule has 0 amide bonds. The van der Waals surface area contributed by atoms with Crippen LogP contribution in [0.15, 0.2) is 44.4 Å². The molecule has 0 aliphatic heterocycles. The third-order valence-corrected chi connectivity index (χ3v) is 4.11. The Hall–Kier alpha value is -2.44. The van der Waals surface area contributed by atoms with Gasteiger partial charge in [0.15, 0.2) is 5.75 Å². The standard InChI is InChI=1S/C14H7Br2N3O4/c15-12-5-8(11(6-17)13(16)14(12)20)7-18-23-10-3-1-9(2-4-10)19(21)22/h1-5,7,20H. The molecule has 0 unspecified atom stereocenters. The first-order valence-electron chi connectivity index (χ1n) is 6.00. The van der Waals surface area contributed by atoms with Gasteiger partial charge in [0.1, 0.15) is 11.8 Å². The Labute approximate surface area is 147 Å². The summed E-state index contributed by atoms with van der Waals surface area (Å²) in [5.74, 6) is 0.220. The fourth-order valence-corrected chi connectivity index (χ4v) is 2.86. The summed E-state index contributed by atoms with van der Waals surface area (Å²) in [6.45, 7) is 0. The number of rotatable bonds is 4. The summed E-state index contributed by atoms with van der Waals surface area (Å²) in [6.07, 6.45) is 1.30. The maximum Gasteiger partial charge on any atom is 0.269 e. The molecule has 0 aromatic heterocycles. The number of phenols is 1. The lowest BCUT2D eigenvalue weighted by atomic mass is 10.1. The summed E-state index contributed by atoms with van der Waals surface area (Å²) in [7, 11) is 0. The Balaban J connectivity index is 2.21. The first-order valence-corrected chi connectivity index (χ1v) is 7.58. The number of halogens is 2. The number of phenolic OH excluding ortho intramolecular Hbond substituents is 1. The van der Waals surface area contributed by atoms with Crippen molar-refractivity contribution in [1.29, 1.82) is 5.26 Å². The fraction of sp³-hybridized carbons (Fsp3) is 0. The third-order valence-electron chi connectivity index (χ3n) is 2.73. The molecule has 0 fully saturated rings. The topological polar surface area (TPSA) is 109 Å². The Kier molecular flexibility index (Phi) is 5.31. The number of non-ortho nitro benzene ring substituents is 1. The molecule has 1 N–H and O–H groups in total. The number of hydrogen-bond donors (Lipinski definition) is 1. The van der Waals surface area contributed by atoms with Crippen molar-refractivity contribution in [3.05, 3.63) is 60.5 Å². The number of benzene rings is 2. The van der Waals surface area contributed by atoms with Crippen LogP contribution < -0.4 is 4.84 Å². The fourth-order valence-electron chi connectivity index (χ4n) is 1.62. The highest BCUT2D eigenvalue weighted by molar-refractivity contribution is 9.11. The van der Waals surface area contributed by atoms with Gasteiger partial charge in [-0.1, -0.05) is 5.16 Å². The number of nitriles is 1. The van der Waals surface area contributed by atoms with Crippen molar-refractivity contribution in [2.45, 2.75) is 0 Å². The molecular formula is C14H7Br2N3O4. The van der Waals surface area contributed by atoms with Gasteiger partial charge in [-0.05, 0) is 50.1 Å². The van der Waals surface area contributed by atoms with Gasteiger partial charge in [-0.3, -0.25) is 10.1 Å². The lowest BCUT2D eigenvalue weighted by molar-refractivity contribution is -0.384. The minimum atomic E-state index is -0.516. The van der Waals surface area contributed by atoms with Crippen LogP contribution in [0.3, 0.4) is 0 Å². The van der Waals surface area contributed by atoms with Crippen molar-refractivity contribution in [3.63, 3.8) is 0 Å². The lowest BCUT2D eigenvalue weighted by Gasteiger charge is -2.05. The first kappa shape index (κ1) is 16.9. The molecule has 116 valence electrons. The van der Waals surface area contributed by atoms with Gasteiger partial charge in [0.25, 0.3) is 5.69 Å². The minimum absolute atomic E-state index is 0.0560. The van der Waals surface area contributed by atoms with Crippen molar-refractivity contribution in [3.8, 4) is 17.6 Å². The van der Waals surface area contributed by atoms with Crippen LogP contribution in [0.2, 0.25) is 0 Å². The third kappa shape index (κ3) is 3.85. The average molecular weight is 441 g/mol. The normalized spacial score (nSPS) is 10.5. The predicted octanol–water partition coefficient (Wildman–Crippen LogP) is 4.11. The monoisotopic (exact) mass is 439 g/mol. The van der Waals surface area contributed by atoms with Crippen LogP contribution in [-0.2, 0) is 0 Å². The van der Waals surface area contributed by atoms with Crippen molar-refractivity contribution < 1.29 is 14.9 Å². The number of aromatic hydroxyl groups is 1. The van der Waals surface area contributed by atoms with Crippen LogP contribution in [0.25, 0.3) is 0 Å². The van der Waals surface area contributed by atoms with E-state index >= 15 is 0 Å². The SMILES string of the molecule is N#Cc1c(C=NOc2ccc([N+](=O)[O-])cc2)cc(Br)c(O)c1Br. The average Bonchev–Trinajstić information content (AvgIpc) is 2.53. The van der Waals surface area contributed by atoms with Gasteiger partial charge in [-0.2, -0.15) is 5.26 Å². The Morgan fingerprint density at radius 2 is 2.00 bits per heavy atom. The number of hydrogen-bond acceptors (Lipinski definition) is 6. The molecule has 0 saturated carbocycles. The van der Waals surface area contributed by atoms with Gasteiger partial charge in [-0.15, -0.1) is 0 Å². The number of oxime groups is 1. The zero-order valence-corrected chi connectivity index (χ0v) is 14.4. The summed E-state index contributed by atoms with van der Waals surface area (Å²) in [4.78, 5) is 15.1. The molecule has 7 nitrogen and oxygen atoms in total. The summed E-state index contributed by atoms with van der Waals surface area (Å²) < 4.78 is 0.631. The molecule has 0 bridgehead atoms. The van der Waals surface area contributed by atoms with Gasteiger partial charge >= 0.3 is 0 Å². The van der Waals surface area contributed by atoms with E-state index in [2.05, 4.69) is 37.0 Å². The number of nitrogens with zero attached hydrogens (tertiary/aromatic N) is 3. The smallest absolute Gasteiger partial charge is 0.269 e. The van der Waals surface area contributed by atoms with Crippen LogP contribution in [0, 0.1) is 21.4 Å². The van der Waals surface area contributed by atoms with Crippen LogP contribution in [0.5, 0.6) is 11.5 Å². The van der Waals surface area contributed by atoms with Crippen LogP contribution in [0.1, 0.15) is 11.1 Å². The molecule has 0 atom stereocenters. The summed E-state index contributed by atoms with van der Waals surface area (Å²) in [5.41, 5.74) is 0.562. The minimum Gasteiger partial charge on any atom is -0.506 e. The zero-order valence-electron chi connectivity index (χ0n) is 11.2. The Morgan fingerprint density at radius 1 is 1.35 bits per heavy atom. The molecule has 0 aliphatic carbocycles. The van der Waals surface area contributed by atoms with Crippen molar-refractivity contribution in [2.24, 2.45) is 5.16 Å². The molecule has 23 heavy (non-hydrogen) atoms. The van der Waals surface area contributed by atoms with E-state index in [9.17, 15) is 15.2 Å². The van der Waals surface area contributed by atoms with E-state index < -0.39 is 4.92 Å². The van der Waals surface area contributed by atoms with Gasteiger partial charge in [0, 0.05) is 17.7 Å². The van der Waals surface area contributed by atoms with Gasteiger partial charge < -0.3 is 9.94 Å². The van der Waals surface area contributed by atoms with E-state index in [0.717, 1.165) is 0 Å². The van der Waals surface area contributed by atoms with E-state index in [4.69, 9.17) is 10.1 Å². The van der Waals surface area contributed by atoms with Gasteiger partial charge in [-0.25, -0.2) is 0 Å². The van der Waals surface area contributed by atoms with E-state index in [-0.39, 0.29) is 21.5 Å². The second-order valence-electron chi connectivity index (χ2n) is 4.17. The Bertz CT molecular complexity index is 829. The molecule has 0 aliphatic rings. The van der Waals surface area contributed by atoms with Crippen LogP contribution in [-0.4, -0.2) is 16.2 Å². The summed E-state index contributed by atoms with van der Waals surface area (Å²) >= 11 is 6.29. The Morgan fingerprint density at radius 3 is 2.57 bits per heavy atom. The maximum absolute atomic E-state index is 10.5. The van der Waals surface area contributed by atoms with E-state index in [1.807, 2.05) is 6.07 Å². The largest absolute Gasteiger partial charge is 0.506 e. The molecule has 0 spiro atoms. The first-order chi connectivity index (χ1) is 10.9. The highest BCUT2D eigenvalue weighted by Gasteiger charge is 2.13. The van der Waals surface area contributed by atoms with E-state index in [0.29, 0.717) is 15.8 Å². The summed E-state index contributed by atoms with van der Waals surface area (Å²) in [5, 5.41) is 33.2. The van der Waals surface area contributed by atoms with Crippen molar-refractivity contribution in [1.82, 2.24) is 0 Å². The molecule has 0 heterocycles. The molecule has 2 aromatic carbocycles. The van der Waals surface area contributed by atoms with E-state index in [1.54, 1.807) is 0 Å². The van der Waals surface area contributed by atoms with Gasteiger partial charge in [0.2, 0.25) is 0 Å². The molecule has 9 heteroatoms. The highest BCUT2D eigenvalue weighted by Crippen LogP contribution is 2.36. The molecule has 2 aromatic rings. The zero-order chi connectivity index (χ0) is 17.0. The van der Waals surface area contributed by atoms with Crippen LogP contribution in [0.4, 0.5) is 5.69 Å². The number of nitro groups is 1. The summed E-state index contributed by atoms with van der Waals surface area (Å²) in [6, 6.07) is 8.86. The maximum atomic E-state index is 10.5. The molecule has 0 radical (unpaired) electrons. The predicted molar refractivity (Wildman–Crippen MR) is 89.5 cm³/mol. The van der Waals surface area contributed by atoms with Crippen molar-refractivity contribution >= 4 is 43.8 Å². The highest BCUT2D eigenvalue weighted by atomic mass is 79.9. The molecule has 2 rings (SSSR count). The lowest BCUT2D eigenvalue weighted by Crippen LogP contribution is -1.94. The quantitative estimate of drug-likeness (QED) is 0.437. The van der Waals surface area contributed by atoms with Crippen LogP contribution >= 0.6 is 31.9 Å². The molecule has 0 saturated heterocycles. The number of nitro benzene ring substituents is 1. The second-order valence-corrected chi connectivity index (χ2v) is 5.82. The van der Waals surface area contributed by atoms with Crippen molar-refractivity contribution in [2.75, 3.05) is 0 Å². The van der Waals surface area contributed by atoms with Gasteiger partial charge in [0.05, 0.1) is 25.6 Å². The molecular weight excluding hydrogens is 434 g/mol.